The molecule has 2 rings (SSSR count). The lowest BCUT2D eigenvalue weighted by atomic mass is 10.1. The third kappa shape index (κ3) is 2.06. The van der Waals surface area contributed by atoms with Gasteiger partial charge in [0.2, 0.25) is 0 Å². The molecule has 2 fully saturated rings. The van der Waals surface area contributed by atoms with E-state index in [4.69, 9.17) is 4.74 Å². The second kappa shape index (κ2) is 4.35. The maximum atomic E-state index is 11.4. The minimum atomic E-state index is -0.00588. The molecule has 1 saturated heterocycles. The summed E-state index contributed by atoms with van der Waals surface area (Å²) in [6, 6.07) is 0. The van der Waals surface area contributed by atoms with Crippen molar-refractivity contribution in [3.05, 3.63) is 0 Å². The molecular weight excluding hydrogens is 216 g/mol. The first kappa shape index (κ1) is 10.7. The largest absolute Gasteiger partial charge is 0.469 e. The van der Waals surface area contributed by atoms with Gasteiger partial charge in [-0.2, -0.15) is 0 Å². The van der Waals surface area contributed by atoms with Gasteiger partial charge in [-0.25, -0.2) is 0 Å². The highest BCUT2D eigenvalue weighted by Gasteiger charge is 2.44. The Morgan fingerprint density at radius 3 is 2.79 bits per heavy atom. The van der Waals surface area contributed by atoms with Gasteiger partial charge in [-0.1, -0.05) is 0 Å². The van der Waals surface area contributed by atoms with Gasteiger partial charge in [-0.15, -0.1) is 23.5 Å². The molecule has 0 bridgehead atoms. The van der Waals surface area contributed by atoms with E-state index in [9.17, 15) is 4.79 Å². The third-order valence-corrected chi connectivity index (χ3v) is 6.47. The Hall–Kier alpha value is 0.170. The number of thioether (sulfide) groups is 2. The molecule has 1 heterocycles. The van der Waals surface area contributed by atoms with E-state index in [0.29, 0.717) is 4.08 Å². The molecule has 0 aromatic heterocycles. The van der Waals surface area contributed by atoms with Crippen molar-refractivity contribution in [3.63, 3.8) is 0 Å². The molecule has 0 amide bonds. The van der Waals surface area contributed by atoms with Crippen LogP contribution in [0.1, 0.15) is 25.7 Å². The molecule has 80 valence electrons. The minimum Gasteiger partial charge on any atom is -0.469 e. The number of methoxy groups -OCH3 is 1. The third-order valence-electron chi connectivity index (χ3n) is 2.98. The SMILES string of the molecule is COC(=O)[C@H]1CCC2(C1)SCCCS2. The molecule has 1 aliphatic heterocycles. The van der Waals surface area contributed by atoms with Crippen molar-refractivity contribution in [2.45, 2.75) is 29.8 Å². The van der Waals surface area contributed by atoms with Crippen LogP contribution in [-0.4, -0.2) is 28.7 Å². The predicted octanol–water partition coefficient (Wildman–Crippen LogP) is 2.53. The molecule has 0 radical (unpaired) electrons. The summed E-state index contributed by atoms with van der Waals surface area (Å²) in [5.74, 6) is 2.69. The maximum absolute atomic E-state index is 11.4. The Labute approximate surface area is 93.5 Å². The summed E-state index contributed by atoms with van der Waals surface area (Å²) in [5.41, 5.74) is 0. The second-order valence-electron chi connectivity index (χ2n) is 3.92. The van der Waals surface area contributed by atoms with Crippen molar-refractivity contribution in [2.75, 3.05) is 18.6 Å². The van der Waals surface area contributed by atoms with E-state index in [1.54, 1.807) is 0 Å². The van der Waals surface area contributed by atoms with Gasteiger partial charge in [0.1, 0.15) is 0 Å². The summed E-state index contributed by atoms with van der Waals surface area (Å²) in [7, 11) is 1.49. The van der Waals surface area contributed by atoms with Crippen LogP contribution < -0.4 is 0 Å². The topological polar surface area (TPSA) is 26.3 Å². The molecule has 1 spiro atoms. The molecule has 14 heavy (non-hydrogen) atoms. The number of rotatable bonds is 1. The highest BCUT2D eigenvalue weighted by atomic mass is 32.2. The van der Waals surface area contributed by atoms with Gasteiger partial charge in [0.15, 0.2) is 0 Å². The number of carbonyl (C=O) groups is 1. The van der Waals surface area contributed by atoms with Gasteiger partial charge in [-0.3, -0.25) is 4.79 Å². The fraction of sp³-hybridized carbons (Fsp3) is 0.900. The Morgan fingerprint density at radius 2 is 2.14 bits per heavy atom. The van der Waals surface area contributed by atoms with Gasteiger partial charge in [0.05, 0.1) is 17.1 Å². The molecule has 0 N–H and O–H groups in total. The summed E-state index contributed by atoms with van der Waals surface area (Å²) in [6.07, 6.45) is 4.55. The van der Waals surface area contributed by atoms with Crippen LogP contribution in [0.2, 0.25) is 0 Å². The van der Waals surface area contributed by atoms with E-state index in [1.807, 2.05) is 0 Å². The van der Waals surface area contributed by atoms with E-state index in [-0.39, 0.29) is 11.9 Å². The van der Waals surface area contributed by atoms with Gasteiger partial charge in [0.25, 0.3) is 0 Å². The highest BCUT2D eigenvalue weighted by molar-refractivity contribution is 8.18. The van der Waals surface area contributed by atoms with Crippen LogP contribution in [0.3, 0.4) is 0 Å². The van der Waals surface area contributed by atoms with Gasteiger partial charge < -0.3 is 4.74 Å². The lowest BCUT2D eigenvalue weighted by Crippen LogP contribution is -2.23. The standard InChI is InChI=1S/C10H16O2S2/c1-12-9(11)8-3-4-10(7-8)13-5-2-6-14-10/h8H,2-7H2,1H3/t8-/m0/s1. The summed E-state index contributed by atoms with van der Waals surface area (Å²) in [4.78, 5) is 11.4. The Kier molecular flexibility index (Phi) is 3.32. The van der Waals surface area contributed by atoms with Crippen molar-refractivity contribution in [1.29, 1.82) is 0 Å². The van der Waals surface area contributed by atoms with Crippen molar-refractivity contribution in [3.8, 4) is 0 Å². The molecule has 2 nitrogen and oxygen atoms in total. The van der Waals surface area contributed by atoms with Crippen molar-refractivity contribution in [2.24, 2.45) is 5.92 Å². The van der Waals surface area contributed by atoms with E-state index in [0.717, 1.165) is 12.8 Å². The zero-order valence-corrected chi connectivity index (χ0v) is 10.1. The number of ether oxygens (including phenoxy) is 1. The zero-order valence-electron chi connectivity index (χ0n) is 8.45. The molecule has 2 aliphatic rings. The van der Waals surface area contributed by atoms with Gasteiger partial charge in [-0.05, 0) is 37.2 Å². The minimum absolute atomic E-state index is 0.00588. The lowest BCUT2D eigenvalue weighted by molar-refractivity contribution is -0.145. The summed E-state index contributed by atoms with van der Waals surface area (Å²) in [5, 5.41) is 0. The highest BCUT2D eigenvalue weighted by Crippen LogP contribution is 2.54. The Morgan fingerprint density at radius 1 is 1.43 bits per heavy atom. The molecule has 1 aliphatic carbocycles. The van der Waals surface area contributed by atoms with Crippen molar-refractivity contribution >= 4 is 29.5 Å². The van der Waals surface area contributed by atoms with E-state index >= 15 is 0 Å². The van der Waals surface area contributed by atoms with E-state index in [2.05, 4.69) is 23.5 Å². The Bertz CT molecular complexity index is 224. The van der Waals surface area contributed by atoms with Crippen LogP contribution in [0.15, 0.2) is 0 Å². The molecule has 0 unspecified atom stereocenters. The van der Waals surface area contributed by atoms with Crippen LogP contribution in [0, 0.1) is 5.92 Å². The van der Waals surface area contributed by atoms with Crippen LogP contribution in [0.4, 0.5) is 0 Å². The number of carbonyl (C=O) groups excluding carboxylic acids is 1. The number of hydrogen-bond acceptors (Lipinski definition) is 4. The summed E-state index contributed by atoms with van der Waals surface area (Å²) < 4.78 is 5.17. The summed E-state index contributed by atoms with van der Waals surface area (Å²) >= 11 is 4.12. The van der Waals surface area contributed by atoms with Crippen LogP contribution in [0.5, 0.6) is 0 Å². The lowest BCUT2D eigenvalue weighted by Gasteiger charge is -2.32. The average molecular weight is 232 g/mol. The fourth-order valence-corrected chi connectivity index (χ4v) is 5.72. The van der Waals surface area contributed by atoms with Crippen molar-refractivity contribution < 1.29 is 9.53 Å². The molecular formula is C10H16O2S2. The summed E-state index contributed by atoms with van der Waals surface area (Å²) in [6.45, 7) is 0. The zero-order chi connectivity index (χ0) is 10.0. The van der Waals surface area contributed by atoms with E-state index < -0.39 is 0 Å². The van der Waals surface area contributed by atoms with Gasteiger partial charge in [0, 0.05) is 0 Å². The second-order valence-corrected chi connectivity index (χ2v) is 7.14. The first-order valence-electron chi connectivity index (χ1n) is 5.11. The number of hydrogen-bond donors (Lipinski definition) is 0. The monoisotopic (exact) mass is 232 g/mol. The van der Waals surface area contributed by atoms with Crippen molar-refractivity contribution in [1.82, 2.24) is 0 Å². The van der Waals surface area contributed by atoms with Crippen LogP contribution in [0.25, 0.3) is 0 Å². The first-order valence-corrected chi connectivity index (χ1v) is 7.09. The number of esters is 1. The first-order chi connectivity index (χ1) is 6.76. The fourth-order valence-electron chi connectivity index (χ4n) is 2.22. The van der Waals surface area contributed by atoms with Crippen LogP contribution in [-0.2, 0) is 9.53 Å². The average Bonchev–Trinajstić information content (AvgIpc) is 2.62. The van der Waals surface area contributed by atoms with Crippen LogP contribution >= 0.6 is 23.5 Å². The molecule has 0 aromatic carbocycles. The maximum Gasteiger partial charge on any atom is 0.308 e. The normalized spacial score (nSPS) is 30.5. The molecule has 4 heteroatoms. The quantitative estimate of drug-likeness (QED) is 0.649. The van der Waals surface area contributed by atoms with Gasteiger partial charge >= 0.3 is 5.97 Å². The van der Waals surface area contributed by atoms with E-state index in [1.165, 1.54) is 31.5 Å². The molecule has 1 atom stereocenters. The Balaban J connectivity index is 1.95. The smallest absolute Gasteiger partial charge is 0.308 e. The predicted molar refractivity (Wildman–Crippen MR) is 61.6 cm³/mol. The molecule has 1 saturated carbocycles. The molecule has 0 aromatic rings.